The highest BCUT2D eigenvalue weighted by Crippen LogP contribution is 2.35. The maximum absolute atomic E-state index is 14.5. The number of pyridine rings is 1. The van der Waals surface area contributed by atoms with E-state index in [0.717, 1.165) is 10.8 Å². The first-order chi connectivity index (χ1) is 12.7. The molecule has 0 amide bonds. The molecule has 3 heterocycles. The molecule has 2 N–H and O–H groups in total. The topological polar surface area (TPSA) is 89.9 Å². The van der Waals surface area contributed by atoms with Gasteiger partial charge in [0.1, 0.15) is 17.0 Å². The third-order valence-corrected chi connectivity index (χ3v) is 4.14. The van der Waals surface area contributed by atoms with E-state index in [1.807, 2.05) is 18.2 Å². The number of nitrogens with zero attached hydrogens (tertiary/aromatic N) is 4. The number of rotatable bonds is 6. The van der Waals surface area contributed by atoms with Gasteiger partial charge in [-0.3, -0.25) is 5.10 Å². The van der Waals surface area contributed by atoms with E-state index >= 15 is 0 Å². The molecule has 1 aromatic carbocycles. The Morgan fingerprint density at radius 2 is 2.15 bits per heavy atom. The zero-order valence-electron chi connectivity index (χ0n) is 14.3. The van der Waals surface area contributed by atoms with E-state index in [1.165, 1.54) is 10.9 Å². The third kappa shape index (κ3) is 2.62. The molecule has 26 heavy (non-hydrogen) atoms. The second-order valence-corrected chi connectivity index (χ2v) is 5.66. The molecule has 0 unspecified atom stereocenters. The largest absolute Gasteiger partial charge is 0.496 e. The molecule has 0 saturated carbocycles. The summed E-state index contributed by atoms with van der Waals surface area (Å²) in [5.41, 5.74) is 1.60. The summed E-state index contributed by atoms with van der Waals surface area (Å²) in [6.07, 6.45) is 3.12. The normalized spacial score (nSPS) is 11.3. The van der Waals surface area contributed by atoms with Crippen molar-refractivity contribution in [1.29, 1.82) is 0 Å². The van der Waals surface area contributed by atoms with E-state index in [0.29, 0.717) is 35.8 Å². The summed E-state index contributed by atoms with van der Waals surface area (Å²) in [6, 6.07) is 5.59. The Kier molecular flexibility index (Phi) is 4.13. The summed E-state index contributed by atoms with van der Waals surface area (Å²) in [6.45, 7) is 0.697. The van der Waals surface area contributed by atoms with Crippen molar-refractivity contribution >= 4 is 33.3 Å². The van der Waals surface area contributed by atoms with Crippen LogP contribution in [0.4, 0.5) is 15.9 Å². The maximum atomic E-state index is 14.5. The zero-order chi connectivity index (χ0) is 18.1. The number of ether oxygens (including phenoxy) is 2. The summed E-state index contributed by atoms with van der Waals surface area (Å²) in [5, 5.41) is 15.7. The van der Waals surface area contributed by atoms with Gasteiger partial charge in [0.2, 0.25) is 5.95 Å². The lowest BCUT2D eigenvalue weighted by molar-refractivity contribution is 0.178. The van der Waals surface area contributed by atoms with Crippen molar-refractivity contribution in [3.05, 3.63) is 36.5 Å². The third-order valence-electron chi connectivity index (χ3n) is 4.14. The van der Waals surface area contributed by atoms with Crippen LogP contribution in [0.2, 0.25) is 0 Å². The minimum Gasteiger partial charge on any atom is -0.496 e. The molecular formula is C17H17FN6O2. The molecule has 0 aliphatic heterocycles. The van der Waals surface area contributed by atoms with Gasteiger partial charge in [-0.25, -0.2) is 9.67 Å². The number of H-pyrrole nitrogens is 1. The van der Waals surface area contributed by atoms with Crippen LogP contribution in [0.15, 0.2) is 30.6 Å². The molecule has 0 radical (unpaired) electrons. The number of nitrogens with one attached hydrogen (secondary N) is 2. The van der Waals surface area contributed by atoms with Crippen molar-refractivity contribution in [2.45, 2.75) is 6.54 Å². The molecule has 0 bridgehead atoms. The summed E-state index contributed by atoms with van der Waals surface area (Å²) >= 11 is 0. The minimum atomic E-state index is -0.484. The van der Waals surface area contributed by atoms with E-state index in [1.54, 1.807) is 20.4 Å². The van der Waals surface area contributed by atoms with Crippen LogP contribution in [-0.4, -0.2) is 45.8 Å². The number of hydrogen-bond acceptors (Lipinski definition) is 6. The van der Waals surface area contributed by atoms with E-state index < -0.39 is 5.95 Å². The molecule has 9 heteroatoms. The Bertz CT molecular complexity index is 1070. The first-order valence-corrected chi connectivity index (χ1v) is 8.00. The van der Waals surface area contributed by atoms with E-state index in [2.05, 4.69) is 25.6 Å². The van der Waals surface area contributed by atoms with Crippen molar-refractivity contribution in [2.24, 2.45) is 0 Å². The molecule has 0 atom stereocenters. The molecular weight excluding hydrogens is 339 g/mol. The van der Waals surface area contributed by atoms with Crippen LogP contribution in [0, 0.1) is 5.95 Å². The summed E-state index contributed by atoms with van der Waals surface area (Å²) in [7, 11) is 3.17. The maximum Gasteiger partial charge on any atom is 0.235 e. The first kappa shape index (κ1) is 16.3. The van der Waals surface area contributed by atoms with Gasteiger partial charge in [-0.1, -0.05) is 6.07 Å². The Hall–Kier alpha value is -3.20. The molecule has 4 rings (SSSR count). The van der Waals surface area contributed by atoms with Crippen molar-refractivity contribution in [2.75, 3.05) is 26.1 Å². The molecule has 134 valence electrons. The van der Waals surface area contributed by atoms with Crippen molar-refractivity contribution < 1.29 is 13.9 Å². The average Bonchev–Trinajstić information content (AvgIpc) is 3.28. The summed E-state index contributed by atoms with van der Waals surface area (Å²) < 4.78 is 26.1. The van der Waals surface area contributed by atoms with Gasteiger partial charge in [0.25, 0.3) is 0 Å². The Balaban J connectivity index is 1.80. The Labute approximate surface area is 147 Å². The van der Waals surface area contributed by atoms with Gasteiger partial charge in [-0.2, -0.15) is 14.6 Å². The number of methoxy groups -OCH3 is 2. The zero-order valence-corrected chi connectivity index (χ0v) is 14.3. The fraction of sp³-hybridized carbons (Fsp3) is 0.235. The summed E-state index contributed by atoms with van der Waals surface area (Å²) in [4.78, 5) is 4.60. The molecule has 0 spiro atoms. The number of hydrogen-bond donors (Lipinski definition) is 2. The molecule has 0 fully saturated rings. The Morgan fingerprint density at radius 1 is 1.27 bits per heavy atom. The van der Waals surface area contributed by atoms with Gasteiger partial charge >= 0.3 is 0 Å². The number of aromatic amines is 1. The molecule has 3 aromatic heterocycles. The highest BCUT2D eigenvalue weighted by Gasteiger charge is 2.16. The van der Waals surface area contributed by atoms with E-state index in [4.69, 9.17) is 9.47 Å². The quantitative estimate of drug-likeness (QED) is 0.552. The smallest absolute Gasteiger partial charge is 0.235 e. The van der Waals surface area contributed by atoms with Gasteiger partial charge in [0, 0.05) is 12.5 Å². The van der Waals surface area contributed by atoms with Gasteiger partial charge in [0.05, 0.1) is 43.6 Å². The number of fused-ring (bicyclic) bond motifs is 3. The fourth-order valence-corrected chi connectivity index (χ4v) is 2.89. The lowest BCUT2D eigenvalue weighted by Crippen LogP contribution is -2.08. The minimum absolute atomic E-state index is 0.228. The average molecular weight is 356 g/mol. The van der Waals surface area contributed by atoms with Crippen LogP contribution in [0.1, 0.15) is 0 Å². The number of halogens is 1. The molecule has 0 aliphatic rings. The van der Waals surface area contributed by atoms with Gasteiger partial charge in [0.15, 0.2) is 5.82 Å². The van der Waals surface area contributed by atoms with E-state index in [9.17, 15) is 4.39 Å². The SMILES string of the molecule is COCCn1ncc(Nc2nc3cccc(OC)c3c3cn[nH]c23)c1F. The monoisotopic (exact) mass is 356 g/mol. The van der Waals surface area contributed by atoms with Gasteiger partial charge in [-0.05, 0) is 12.1 Å². The highest BCUT2D eigenvalue weighted by molar-refractivity contribution is 6.11. The predicted octanol–water partition coefficient (Wildman–Crippen LogP) is 2.85. The van der Waals surface area contributed by atoms with Gasteiger partial charge < -0.3 is 14.8 Å². The second-order valence-electron chi connectivity index (χ2n) is 5.66. The molecule has 4 aromatic rings. The lowest BCUT2D eigenvalue weighted by atomic mass is 10.1. The lowest BCUT2D eigenvalue weighted by Gasteiger charge is -2.10. The molecule has 8 nitrogen and oxygen atoms in total. The van der Waals surface area contributed by atoms with Crippen molar-refractivity contribution in [3.63, 3.8) is 0 Å². The van der Waals surface area contributed by atoms with Crippen LogP contribution in [0.25, 0.3) is 21.8 Å². The fourth-order valence-electron chi connectivity index (χ4n) is 2.89. The molecule has 0 aliphatic carbocycles. The Morgan fingerprint density at radius 3 is 2.96 bits per heavy atom. The highest BCUT2D eigenvalue weighted by atomic mass is 19.1. The predicted molar refractivity (Wildman–Crippen MR) is 95.3 cm³/mol. The van der Waals surface area contributed by atoms with Crippen LogP contribution in [0.5, 0.6) is 5.75 Å². The van der Waals surface area contributed by atoms with Crippen LogP contribution >= 0.6 is 0 Å². The summed E-state index contributed by atoms with van der Waals surface area (Å²) in [5.74, 6) is 0.678. The van der Waals surface area contributed by atoms with Crippen LogP contribution in [0.3, 0.4) is 0 Å². The van der Waals surface area contributed by atoms with Crippen molar-refractivity contribution in [3.8, 4) is 5.75 Å². The number of aromatic nitrogens is 5. The number of anilines is 2. The van der Waals surface area contributed by atoms with Crippen molar-refractivity contribution in [1.82, 2.24) is 25.0 Å². The molecule has 0 saturated heterocycles. The van der Waals surface area contributed by atoms with E-state index in [-0.39, 0.29) is 5.69 Å². The number of benzene rings is 1. The second kappa shape index (κ2) is 6.60. The first-order valence-electron chi connectivity index (χ1n) is 8.00. The van der Waals surface area contributed by atoms with Crippen LogP contribution in [-0.2, 0) is 11.3 Å². The van der Waals surface area contributed by atoms with Gasteiger partial charge in [-0.15, -0.1) is 0 Å². The standard InChI is InChI=1S/C17H17FN6O2/c1-25-7-6-24-16(18)12(9-20-24)22-17-15-10(8-19-23-15)14-11(21-17)4-3-5-13(14)26-2/h3-5,8-9H,6-7H2,1-2H3,(H,19,23)(H,21,22). The van der Waals surface area contributed by atoms with Crippen LogP contribution < -0.4 is 10.1 Å².